The molecule has 22 rings (SSSR count). The van der Waals surface area contributed by atoms with E-state index in [1.54, 1.807) is 48.5 Å². The van der Waals surface area contributed by atoms with Crippen molar-refractivity contribution >= 4 is 109 Å². The van der Waals surface area contributed by atoms with E-state index < -0.39 is 284 Å². The molecule has 20 aromatic rings. The third-order valence-electron chi connectivity index (χ3n) is 22.6. The van der Waals surface area contributed by atoms with Gasteiger partial charge in [0.25, 0.3) is 0 Å². The number of benzene rings is 18. The van der Waals surface area contributed by atoms with Gasteiger partial charge in [-0.05, 0) is 320 Å². The zero-order valence-electron chi connectivity index (χ0n) is 110. The van der Waals surface area contributed by atoms with Crippen LogP contribution in [0.3, 0.4) is 0 Å². The molecular weight excluding hydrogens is 1380 g/mol. The van der Waals surface area contributed by atoms with Crippen LogP contribution < -0.4 is 0 Å². The Balaban J connectivity index is 0.000000184. The molecule has 0 spiro atoms. The molecule has 0 N–H and O–H groups in total. The van der Waals surface area contributed by atoms with Gasteiger partial charge in [0.15, 0.2) is 0 Å². The van der Waals surface area contributed by atoms with Crippen LogP contribution in [0.15, 0.2) is 287 Å². The highest BCUT2D eigenvalue weighted by Crippen LogP contribution is 2.57. The van der Waals surface area contributed by atoms with Crippen molar-refractivity contribution in [2.75, 3.05) is 0 Å². The second-order valence-corrected chi connectivity index (χ2v) is 30.3. The van der Waals surface area contributed by atoms with Crippen LogP contribution in [0.1, 0.15) is 169 Å². The highest BCUT2D eigenvalue weighted by molar-refractivity contribution is 6.26. The standard InChI is InChI=1S/2C56H44O/c1-31-18-24-42-46(26-31)51(40-12-8-9-13-41(40)52(42)44-15-10-16-48-53(44)43-25-19-32(2)27-49(43)56(48,6)7)37-22-20-36(21-23-37)39-14-11-17-50-54(39)47-30-38-28-33(3)34(4)29-45(38)35(5)55(47)57-50;1-31-14-12-16-36-28-46-50(30-43(31)36)57-49-25-22-33(3)51(55(46)49)37-23-24-38(34(4)26-37)54-41-19-9-8-18-40(41)53(42-20-13-15-32(2)52(42)54)44-29-45-39-17-10-11-21-47(39)56(6,7)48(45)27-35(44)5/h2*8-30H,1-7H3/i2*8D,9D,10D,11D,12D,13D,14D,15D,16D,17D,18D,19D,20D,21D,22D,23D,24D,25D,26D,27D,28D,29D,30D. The number of fused-ring (bicyclic) bond motifs is 18. The first-order valence-electron chi connectivity index (χ1n) is 59.8. The fourth-order valence-corrected chi connectivity index (χ4v) is 16.9. The predicted octanol–water partition coefficient (Wildman–Crippen LogP) is 31.8. The van der Waals surface area contributed by atoms with Gasteiger partial charge in [0, 0.05) is 37.9 Å². The average molecular weight is 1510 g/mol. The van der Waals surface area contributed by atoms with Gasteiger partial charge in [-0.15, -0.1) is 0 Å². The number of rotatable bonds is 6. The van der Waals surface area contributed by atoms with E-state index >= 15 is 0 Å². The first-order valence-corrected chi connectivity index (χ1v) is 36.8. The Bertz CT molecular complexity index is 10400. The molecule has 0 atom stereocenters. The first kappa shape index (κ1) is 36.3. The van der Waals surface area contributed by atoms with Gasteiger partial charge < -0.3 is 8.83 Å². The van der Waals surface area contributed by atoms with E-state index in [0.29, 0.717) is 11.1 Å². The van der Waals surface area contributed by atoms with Crippen molar-refractivity contribution in [2.45, 2.75) is 108 Å². The van der Waals surface area contributed by atoms with E-state index in [2.05, 4.69) is 0 Å². The Morgan fingerprint density at radius 1 is 0.228 bits per heavy atom. The molecule has 0 amide bonds. The molecule has 18 aromatic carbocycles. The minimum atomic E-state index is -1.38. The van der Waals surface area contributed by atoms with E-state index in [0.717, 1.165) is 0 Å². The zero-order chi connectivity index (χ0) is 118. The Morgan fingerprint density at radius 3 is 1.61 bits per heavy atom. The van der Waals surface area contributed by atoms with E-state index in [9.17, 15) is 38.4 Å². The molecule has 0 fully saturated rings. The molecule has 2 nitrogen and oxygen atoms in total. The maximum absolute atomic E-state index is 10.2. The molecule has 0 unspecified atom stereocenters. The lowest BCUT2D eigenvalue weighted by Gasteiger charge is -2.24. The van der Waals surface area contributed by atoms with Gasteiger partial charge in [-0.3, -0.25) is 0 Å². The second kappa shape index (κ2) is 25.3. The maximum atomic E-state index is 10.2. The van der Waals surface area contributed by atoms with Crippen molar-refractivity contribution < 1.29 is 71.9 Å². The lowest BCUT2D eigenvalue weighted by molar-refractivity contribution is 0.659. The molecule has 2 heterocycles. The summed E-state index contributed by atoms with van der Waals surface area (Å²) in [4.78, 5) is 0. The summed E-state index contributed by atoms with van der Waals surface area (Å²) in [7, 11) is 0. The third kappa shape index (κ3) is 10.2. The van der Waals surface area contributed by atoms with Gasteiger partial charge in [0.2, 0.25) is 0 Å². The molecule has 2 aliphatic carbocycles. The number of hydrogen-bond donors (Lipinski definition) is 0. The third-order valence-corrected chi connectivity index (χ3v) is 22.6. The number of aryl methyl sites for hydroxylation is 3. The summed E-state index contributed by atoms with van der Waals surface area (Å²) >= 11 is 0. The molecule has 0 aliphatic heterocycles. The van der Waals surface area contributed by atoms with Crippen LogP contribution in [0.25, 0.3) is 198 Å². The highest BCUT2D eigenvalue weighted by Gasteiger charge is 2.39. The van der Waals surface area contributed by atoms with Crippen LogP contribution in [0.4, 0.5) is 0 Å². The molecule has 0 bridgehead atoms. The summed E-state index contributed by atoms with van der Waals surface area (Å²) in [6, 6.07) is -26.9. The van der Waals surface area contributed by atoms with Gasteiger partial charge >= 0.3 is 0 Å². The molecule has 0 radical (unpaired) electrons. The molecule has 2 heteroatoms. The SMILES string of the molecule is [2H]c1c([2H])c(-c2c3c([2H])c([2H])c([2H])c([2H])c3c(-c3c([2H])c([2H])c(-c4c([2H])c([2H])c([2H])c5oc6c(C)c7c([2H])c(C)c(C)c([2H])c7c([2H])c6c45)c([2H])c3[2H])c3c([2H])c(C)c([2H])c([2H])c23)c2c(c1[2H])C(C)(C)c1c([2H])c(C)c([2H])c([2H])c1-2.[2H]c1c([2H])c([2H])c2c(c1[2H])-c1c([2H])c(-c3c4c([2H])c([2H])c([2H])c([2H])c4c(-c4c([2H])c([2H])c(-c5c(C)c([2H])c([2H])c6oc7c([2H])c8c(C)c([2H])c([2H])c([2H])c8c([2H])c7c56)c([2H])c4C)c4c(C)c([2H])c([2H])c([2H])c34)c(C)c([2H])c1C2(C)C. The van der Waals surface area contributed by atoms with Gasteiger partial charge in [0.1, 0.15) is 22.3 Å². The Labute approximate surface area is 731 Å². The highest BCUT2D eigenvalue weighted by atomic mass is 16.3. The Hall–Kier alpha value is -12.9. The van der Waals surface area contributed by atoms with E-state index in [4.69, 9.17) is 33.5 Å². The fraction of sp³-hybridized carbons (Fsp3) is 0.143. The maximum Gasteiger partial charge on any atom is 0.138 e. The second-order valence-electron chi connectivity index (χ2n) is 30.3. The van der Waals surface area contributed by atoms with Crippen LogP contribution in [0.5, 0.6) is 0 Å². The zero-order valence-corrected chi connectivity index (χ0v) is 63.8. The monoisotopic (exact) mass is 1510 g/mol. The number of hydrogen-bond acceptors (Lipinski definition) is 2. The molecule has 548 valence electrons. The van der Waals surface area contributed by atoms with Crippen LogP contribution in [-0.2, 0) is 10.8 Å². The largest absolute Gasteiger partial charge is 0.456 e. The minimum Gasteiger partial charge on any atom is -0.456 e. The first-order chi connectivity index (χ1) is 74.5. The molecule has 114 heavy (non-hydrogen) atoms. The van der Waals surface area contributed by atoms with E-state index in [1.165, 1.54) is 48.5 Å². The van der Waals surface area contributed by atoms with Crippen molar-refractivity contribution in [3.8, 4) is 89.0 Å². The summed E-state index contributed by atoms with van der Waals surface area (Å²) in [5.74, 6) is 0. The summed E-state index contributed by atoms with van der Waals surface area (Å²) in [6.07, 6.45) is 0. The van der Waals surface area contributed by atoms with Crippen LogP contribution in [0.2, 0.25) is 0 Å². The average Bonchev–Trinajstić information content (AvgIpc) is 1.50. The topological polar surface area (TPSA) is 26.3 Å². The smallest absolute Gasteiger partial charge is 0.138 e. The van der Waals surface area contributed by atoms with Crippen molar-refractivity contribution in [1.82, 2.24) is 0 Å². The van der Waals surface area contributed by atoms with E-state index in [1.807, 2.05) is 0 Å². The van der Waals surface area contributed by atoms with Crippen molar-refractivity contribution in [2.24, 2.45) is 0 Å². The predicted molar refractivity (Wildman–Crippen MR) is 488 cm³/mol. The summed E-state index contributed by atoms with van der Waals surface area (Å²) in [5, 5.41) is -3.65. The van der Waals surface area contributed by atoms with Crippen molar-refractivity contribution in [3.63, 3.8) is 0 Å². The lowest BCUT2D eigenvalue weighted by atomic mass is 9.79. The summed E-state index contributed by atoms with van der Waals surface area (Å²) < 4.78 is 443. The molecular formula is C112H88O2. The van der Waals surface area contributed by atoms with Crippen molar-refractivity contribution in [3.05, 3.63) is 356 Å². The molecule has 2 aliphatic rings. The molecule has 2 aromatic heterocycles. The Kier molecular flexibility index (Phi) is 8.06. The normalized spacial score (nSPS) is 19.0. The van der Waals surface area contributed by atoms with Gasteiger partial charge in [-0.25, -0.2) is 0 Å². The van der Waals surface area contributed by atoms with E-state index in [-0.39, 0.29) is 269 Å². The fourth-order valence-electron chi connectivity index (χ4n) is 16.9. The lowest BCUT2D eigenvalue weighted by Crippen LogP contribution is -2.15. The molecule has 0 saturated heterocycles. The number of furan rings is 2. The Morgan fingerprint density at radius 2 is 0.807 bits per heavy atom. The van der Waals surface area contributed by atoms with Crippen LogP contribution in [-0.4, -0.2) is 0 Å². The van der Waals surface area contributed by atoms with Crippen LogP contribution in [0, 0.1) is 69.2 Å². The van der Waals surface area contributed by atoms with Gasteiger partial charge in [-0.1, -0.05) is 281 Å². The van der Waals surface area contributed by atoms with Crippen molar-refractivity contribution in [1.29, 1.82) is 0 Å². The van der Waals surface area contributed by atoms with Gasteiger partial charge in [-0.2, -0.15) is 0 Å². The summed E-state index contributed by atoms with van der Waals surface area (Å²) in [6.45, 7) is 21.5. The van der Waals surface area contributed by atoms with Crippen LogP contribution >= 0.6 is 0 Å². The minimum absolute atomic E-state index is 0.00751. The summed E-state index contributed by atoms with van der Waals surface area (Å²) in [5.41, 5.74) is -6.90. The molecule has 0 saturated carbocycles. The van der Waals surface area contributed by atoms with Gasteiger partial charge in [0.05, 0.1) is 63.1 Å². The quantitative estimate of drug-likeness (QED) is 0.155.